The number of anilines is 1. The molecule has 2 unspecified atom stereocenters. The minimum Gasteiger partial charge on any atom is -0.490 e. The number of aromatic nitrogens is 1. The summed E-state index contributed by atoms with van der Waals surface area (Å²) in [5.74, 6) is 0.838. The van der Waals surface area contributed by atoms with Crippen LogP contribution in [-0.2, 0) is 27.8 Å². The van der Waals surface area contributed by atoms with E-state index in [9.17, 15) is 9.59 Å². The second kappa shape index (κ2) is 9.63. The van der Waals surface area contributed by atoms with Crippen molar-refractivity contribution in [2.45, 2.75) is 44.6 Å². The molecule has 2 amide bonds. The van der Waals surface area contributed by atoms with Crippen LogP contribution in [0, 0.1) is 0 Å². The van der Waals surface area contributed by atoms with Gasteiger partial charge in [-0.2, -0.15) is 0 Å². The van der Waals surface area contributed by atoms with Crippen molar-refractivity contribution in [3.05, 3.63) is 75.2 Å². The minimum atomic E-state index is -0.292. The van der Waals surface area contributed by atoms with Gasteiger partial charge in [0.2, 0.25) is 11.8 Å². The topological polar surface area (TPSA) is 62.7 Å². The van der Waals surface area contributed by atoms with Crippen molar-refractivity contribution in [2.75, 3.05) is 24.5 Å². The van der Waals surface area contributed by atoms with E-state index >= 15 is 0 Å². The lowest BCUT2D eigenvalue weighted by Crippen LogP contribution is -2.40. The largest absolute Gasteiger partial charge is 0.490 e. The van der Waals surface area contributed by atoms with Gasteiger partial charge < -0.3 is 14.5 Å². The quantitative estimate of drug-likeness (QED) is 0.475. The number of halogens is 1. The molecule has 0 aliphatic carbocycles. The fraction of sp³-hybridized carbons (Fsp3) is 0.370. The molecular formula is C27H28ClN3O3S. The van der Waals surface area contributed by atoms with E-state index in [0.717, 1.165) is 29.8 Å². The molecule has 1 spiro atoms. The van der Waals surface area contributed by atoms with Crippen LogP contribution >= 0.6 is 22.9 Å². The van der Waals surface area contributed by atoms with Gasteiger partial charge in [-0.1, -0.05) is 41.9 Å². The number of thiazole rings is 1. The van der Waals surface area contributed by atoms with E-state index in [2.05, 4.69) is 30.1 Å². The van der Waals surface area contributed by atoms with Crippen molar-refractivity contribution in [1.29, 1.82) is 0 Å². The average molecular weight is 510 g/mol. The van der Waals surface area contributed by atoms with Gasteiger partial charge >= 0.3 is 0 Å². The van der Waals surface area contributed by atoms with E-state index in [1.165, 1.54) is 16.9 Å². The first-order chi connectivity index (χ1) is 16.8. The second-order valence-electron chi connectivity index (χ2n) is 9.48. The number of benzene rings is 2. The smallest absolute Gasteiger partial charge is 0.233 e. The van der Waals surface area contributed by atoms with Gasteiger partial charge in [0.15, 0.2) is 0 Å². The third-order valence-electron chi connectivity index (χ3n) is 6.92. The van der Waals surface area contributed by atoms with Crippen LogP contribution in [-0.4, -0.2) is 47.4 Å². The van der Waals surface area contributed by atoms with Gasteiger partial charge in [0, 0.05) is 44.1 Å². The first kappa shape index (κ1) is 23.8. The Morgan fingerprint density at radius 3 is 2.69 bits per heavy atom. The van der Waals surface area contributed by atoms with Crippen LogP contribution in [0.1, 0.15) is 36.4 Å². The highest BCUT2D eigenvalue weighted by Crippen LogP contribution is 2.48. The van der Waals surface area contributed by atoms with Crippen molar-refractivity contribution >= 4 is 40.4 Å². The maximum Gasteiger partial charge on any atom is 0.233 e. The van der Waals surface area contributed by atoms with Gasteiger partial charge in [0.05, 0.1) is 18.7 Å². The van der Waals surface area contributed by atoms with Crippen LogP contribution in [0.3, 0.4) is 0 Å². The number of carbonyl (C=O) groups is 2. The summed E-state index contributed by atoms with van der Waals surface area (Å²) in [6.45, 7) is 5.51. The molecule has 5 rings (SSSR count). The predicted octanol–water partition coefficient (Wildman–Crippen LogP) is 4.89. The van der Waals surface area contributed by atoms with Crippen LogP contribution in [0.4, 0.5) is 5.69 Å². The second-order valence-corrected chi connectivity index (χ2v) is 11.2. The first-order valence-corrected chi connectivity index (χ1v) is 13.0. The molecule has 0 N–H and O–H groups in total. The highest BCUT2D eigenvalue weighted by atomic mass is 35.5. The fourth-order valence-electron chi connectivity index (χ4n) is 5.25. The van der Waals surface area contributed by atoms with Crippen molar-refractivity contribution in [3.8, 4) is 5.75 Å². The number of ether oxygens (including phenoxy) is 1. The molecule has 2 aromatic carbocycles. The molecule has 35 heavy (non-hydrogen) atoms. The van der Waals surface area contributed by atoms with E-state index < -0.39 is 0 Å². The zero-order chi connectivity index (χ0) is 24.6. The molecule has 2 atom stereocenters. The summed E-state index contributed by atoms with van der Waals surface area (Å²) in [4.78, 5) is 33.5. The molecule has 3 aromatic rings. The normalized spacial score (nSPS) is 19.7. The third-order valence-corrected chi connectivity index (χ3v) is 8.04. The summed E-state index contributed by atoms with van der Waals surface area (Å²) in [6.07, 6.45) is 3.40. The van der Waals surface area contributed by atoms with Gasteiger partial charge in [0.25, 0.3) is 0 Å². The minimum absolute atomic E-state index is 0.00233. The highest BCUT2D eigenvalue weighted by Gasteiger charge is 2.49. The molecule has 0 bridgehead atoms. The van der Waals surface area contributed by atoms with Gasteiger partial charge in [-0.25, -0.2) is 4.98 Å². The molecular weight excluding hydrogens is 482 g/mol. The van der Waals surface area contributed by atoms with Crippen LogP contribution in [0.15, 0.2) is 54.7 Å². The van der Waals surface area contributed by atoms with E-state index in [0.29, 0.717) is 29.0 Å². The zero-order valence-electron chi connectivity index (χ0n) is 19.9. The van der Waals surface area contributed by atoms with E-state index in [-0.39, 0.29) is 29.8 Å². The Hall–Kier alpha value is -2.90. The van der Waals surface area contributed by atoms with Crippen LogP contribution in [0.25, 0.3) is 0 Å². The number of likely N-dealkylation sites (tertiary alicyclic amines) is 1. The lowest BCUT2D eigenvalue weighted by atomic mass is 9.81. The molecule has 1 aromatic heterocycles. The van der Waals surface area contributed by atoms with Crippen molar-refractivity contribution in [1.82, 2.24) is 9.88 Å². The Morgan fingerprint density at radius 1 is 1.20 bits per heavy atom. The van der Waals surface area contributed by atoms with E-state index in [1.807, 2.05) is 40.1 Å². The van der Waals surface area contributed by atoms with Gasteiger partial charge in [-0.05, 0) is 42.7 Å². The number of amides is 2. The van der Waals surface area contributed by atoms with E-state index in [4.69, 9.17) is 16.3 Å². The lowest BCUT2D eigenvalue weighted by Gasteiger charge is -2.25. The standard InChI is InChI=1S/C27H28ClN3O3S/c1-18(12-20-6-4-3-5-7-20)34-21-8-9-23-22(13-21)27(10-11-30(16-27)19(2)32)17-31(23)26(33)14-25-29-15-24(28)35-25/h3-9,13,15,18H,10-12,14,16-17H2,1-2H3. The maximum atomic E-state index is 13.3. The van der Waals surface area contributed by atoms with Crippen LogP contribution in [0.2, 0.25) is 4.34 Å². The molecule has 3 heterocycles. The van der Waals surface area contributed by atoms with Gasteiger partial charge in [0.1, 0.15) is 15.1 Å². The summed E-state index contributed by atoms with van der Waals surface area (Å²) < 4.78 is 6.88. The number of hydrogen-bond acceptors (Lipinski definition) is 5. The number of carbonyl (C=O) groups excluding carboxylic acids is 2. The Bertz CT molecular complexity index is 1250. The first-order valence-electron chi connectivity index (χ1n) is 11.8. The molecule has 2 aliphatic rings. The predicted molar refractivity (Wildman–Crippen MR) is 138 cm³/mol. The summed E-state index contributed by atoms with van der Waals surface area (Å²) >= 11 is 7.35. The SMILES string of the molecule is CC(=O)N1CCC2(C1)CN(C(=O)Cc1ncc(Cl)s1)c1ccc(OC(C)Cc3ccccc3)cc12. The van der Waals surface area contributed by atoms with Crippen molar-refractivity contribution in [3.63, 3.8) is 0 Å². The number of rotatable bonds is 6. The Labute approximate surface area is 214 Å². The van der Waals surface area contributed by atoms with Crippen molar-refractivity contribution < 1.29 is 14.3 Å². The summed E-state index contributed by atoms with van der Waals surface area (Å²) in [5.41, 5.74) is 2.91. The molecule has 0 radical (unpaired) electrons. The number of nitrogens with zero attached hydrogens (tertiary/aromatic N) is 3. The summed E-state index contributed by atoms with van der Waals surface area (Å²) in [5, 5.41) is 0.703. The molecule has 8 heteroatoms. The summed E-state index contributed by atoms with van der Waals surface area (Å²) in [6, 6.07) is 16.3. The van der Waals surface area contributed by atoms with Gasteiger partial charge in [-0.15, -0.1) is 11.3 Å². The molecule has 0 saturated carbocycles. The molecule has 1 fully saturated rings. The third kappa shape index (κ3) is 4.93. The number of hydrogen-bond donors (Lipinski definition) is 0. The Balaban J connectivity index is 1.41. The Kier molecular flexibility index (Phi) is 6.55. The molecule has 182 valence electrons. The average Bonchev–Trinajstić information content (AvgIpc) is 3.53. The highest BCUT2D eigenvalue weighted by molar-refractivity contribution is 7.15. The van der Waals surface area contributed by atoms with Crippen LogP contribution in [0.5, 0.6) is 5.75 Å². The summed E-state index contributed by atoms with van der Waals surface area (Å²) in [7, 11) is 0. The molecule has 1 saturated heterocycles. The molecule has 2 aliphatic heterocycles. The Morgan fingerprint density at radius 2 is 2.00 bits per heavy atom. The van der Waals surface area contributed by atoms with Gasteiger partial charge in [-0.3, -0.25) is 9.59 Å². The van der Waals surface area contributed by atoms with Crippen LogP contribution < -0.4 is 9.64 Å². The van der Waals surface area contributed by atoms with Crippen molar-refractivity contribution in [2.24, 2.45) is 0 Å². The lowest BCUT2D eigenvalue weighted by molar-refractivity contribution is -0.127. The maximum absolute atomic E-state index is 13.3. The monoisotopic (exact) mass is 509 g/mol. The zero-order valence-corrected chi connectivity index (χ0v) is 21.4. The number of fused-ring (bicyclic) bond motifs is 2. The fourth-order valence-corrected chi connectivity index (χ4v) is 6.20. The van der Waals surface area contributed by atoms with E-state index in [1.54, 1.807) is 13.1 Å². The molecule has 6 nitrogen and oxygen atoms in total.